The highest BCUT2D eigenvalue weighted by Gasteiger charge is 2.16. The van der Waals surface area contributed by atoms with Crippen molar-refractivity contribution in [1.29, 1.82) is 0 Å². The van der Waals surface area contributed by atoms with Gasteiger partial charge in [0, 0.05) is 16.7 Å². The lowest BCUT2D eigenvalue weighted by molar-refractivity contribution is 0.101. The summed E-state index contributed by atoms with van der Waals surface area (Å²) in [7, 11) is 0. The maximum Gasteiger partial charge on any atom is 0.276 e. The topological polar surface area (TPSA) is 72.9 Å². The standard InChI is InChI=1S/C12H12BrClN4O/c1-2-18-11(10(15)6-16-18)12(19)17-7-3-4-9(14)8(13)5-7/h3-6H,2,15H2,1H3,(H,17,19). The Morgan fingerprint density at radius 1 is 1.58 bits per heavy atom. The van der Waals surface area contributed by atoms with Crippen LogP contribution in [0.4, 0.5) is 11.4 Å². The zero-order valence-corrected chi connectivity index (χ0v) is 12.5. The number of rotatable bonds is 3. The zero-order chi connectivity index (χ0) is 14.0. The van der Waals surface area contributed by atoms with Crippen molar-refractivity contribution < 1.29 is 4.79 Å². The number of amides is 1. The quantitative estimate of drug-likeness (QED) is 0.899. The van der Waals surface area contributed by atoms with Gasteiger partial charge in [0.15, 0.2) is 0 Å². The summed E-state index contributed by atoms with van der Waals surface area (Å²) in [6, 6.07) is 5.14. The number of nitrogens with two attached hydrogens (primary N) is 1. The Balaban J connectivity index is 2.25. The summed E-state index contributed by atoms with van der Waals surface area (Å²) in [5, 5.41) is 7.37. The molecule has 0 spiro atoms. The van der Waals surface area contributed by atoms with Crippen molar-refractivity contribution in [3.05, 3.63) is 39.6 Å². The molecule has 19 heavy (non-hydrogen) atoms. The number of carbonyl (C=O) groups is 1. The van der Waals surface area contributed by atoms with E-state index in [0.29, 0.717) is 33.1 Å². The van der Waals surface area contributed by atoms with Crippen LogP contribution in [0.5, 0.6) is 0 Å². The van der Waals surface area contributed by atoms with Crippen LogP contribution in [-0.2, 0) is 6.54 Å². The predicted molar refractivity (Wildman–Crippen MR) is 79.4 cm³/mol. The smallest absolute Gasteiger partial charge is 0.276 e. The van der Waals surface area contributed by atoms with E-state index < -0.39 is 0 Å². The molecular formula is C12H12BrClN4O. The Bertz CT molecular complexity index is 626. The second-order valence-corrected chi connectivity index (χ2v) is 5.11. The molecule has 1 amide bonds. The number of aryl methyl sites for hydroxylation is 1. The summed E-state index contributed by atoms with van der Waals surface area (Å²) in [4.78, 5) is 12.2. The first-order chi connectivity index (χ1) is 9.02. The fourth-order valence-electron chi connectivity index (χ4n) is 1.65. The lowest BCUT2D eigenvalue weighted by atomic mass is 10.3. The number of nitrogens with one attached hydrogen (secondary N) is 1. The summed E-state index contributed by atoms with van der Waals surface area (Å²) in [5.74, 6) is -0.300. The number of benzene rings is 1. The van der Waals surface area contributed by atoms with Gasteiger partial charge in [0.1, 0.15) is 5.69 Å². The SMILES string of the molecule is CCn1ncc(N)c1C(=O)Nc1ccc(Cl)c(Br)c1. The van der Waals surface area contributed by atoms with Crippen molar-refractivity contribution in [1.82, 2.24) is 9.78 Å². The van der Waals surface area contributed by atoms with Gasteiger partial charge in [-0.2, -0.15) is 5.10 Å². The van der Waals surface area contributed by atoms with Crippen LogP contribution in [-0.4, -0.2) is 15.7 Å². The third-order valence-electron chi connectivity index (χ3n) is 2.56. The zero-order valence-electron chi connectivity index (χ0n) is 10.2. The van der Waals surface area contributed by atoms with Crippen molar-refractivity contribution in [3.8, 4) is 0 Å². The first-order valence-corrected chi connectivity index (χ1v) is 6.77. The van der Waals surface area contributed by atoms with Crippen LogP contribution in [0.2, 0.25) is 5.02 Å². The lowest BCUT2D eigenvalue weighted by Crippen LogP contribution is -2.18. The van der Waals surface area contributed by atoms with E-state index in [1.165, 1.54) is 6.20 Å². The second kappa shape index (κ2) is 5.63. The van der Waals surface area contributed by atoms with Crippen molar-refractivity contribution >= 4 is 44.8 Å². The molecule has 0 atom stereocenters. The van der Waals surface area contributed by atoms with Gasteiger partial charge in [0.05, 0.1) is 16.9 Å². The maximum absolute atomic E-state index is 12.2. The minimum absolute atomic E-state index is 0.300. The van der Waals surface area contributed by atoms with Crippen LogP contribution >= 0.6 is 27.5 Å². The Hall–Kier alpha value is -1.53. The first kappa shape index (κ1) is 13.9. The normalized spacial score (nSPS) is 10.5. The van der Waals surface area contributed by atoms with Gasteiger partial charge < -0.3 is 11.1 Å². The Kier molecular flexibility index (Phi) is 4.11. The number of nitrogen functional groups attached to an aromatic ring is 1. The molecule has 0 bridgehead atoms. The van der Waals surface area contributed by atoms with Crippen molar-refractivity contribution in [2.24, 2.45) is 0 Å². The molecule has 100 valence electrons. The van der Waals surface area contributed by atoms with Gasteiger partial charge in [-0.3, -0.25) is 9.48 Å². The average molecular weight is 344 g/mol. The summed E-state index contributed by atoms with van der Waals surface area (Å²) in [6.07, 6.45) is 1.47. The summed E-state index contributed by atoms with van der Waals surface area (Å²) in [6.45, 7) is 2.46. The third kappa shape index (κ3) is 2.90. The van der Waals surface area contributed by atoms with Gasteiger partial charge in [-0.1, -0.05) is 11.6 Å². The largest absolute Gasteiger partial charge is 0.396 e. The van der Waals surface area contributed by atoms with E-state index in [0.717, 1.165) is 0 Å². The summed E-state index contributed by atoms with van der Waals surface area (Å²) >= 11 is 9.20. The molecule has 0 saturated carbocycles. The van der Waals surface area contributed by atoms with Crippen LogP contribution in [0.3, 0.4) is 0 Å². The van der Waals surface area contributed by atoms with Crippen LogP contribution in [0.15, 0.2) is 28.9 Å². The van der Waals surface area contributed by atoms with Crippen LogP contribution in [0.25, 0.3) is 0 Å². The maximum atomic E-state index is 12.2. The molecule has 0 aliphatic rings. The fraction of sp³-hybridized carbons (Fsp3) is 0.167. The first-order valence-electron chi connectivity index (χ1n) is 5.60. The predicted octanol–water partition coefficient (Wildman–Crippen LogP) is 3.15. The van der Waals surface area contributed by atoms with Gasteiger partial charge in [0.25, 0.3) is 5.91 Å². The van der Waals surface area contributed by atoms with Crippen molar-refractivity contribution in [3.63, 3.8) is 0 Å². The van der Waals surface area contributed by atoms with Gasteiger partial charge in [-0.05, 0) is 41.1 Å². The summed E-state index contributed by atoms with van der Waals surface area (Å²) < 4.78 is 2.26. The van der Waals surface area contributed by atoms with E-state index in [9.17, 15) is 4.79 Å². The highest BCUT2D eigenvalue weighted by molar-refractivity contribution is 9.10. The van der Waals surface area contributed by atoms with Crippen molar-refractivity contribution in [2.45, 2.75) is 13.5 Å². The molecular weight excluding hydrogens is 332 g/mol. The van der Waals surface area contributed by atoms with E-state index in [-0.39, 0.29) is 5.91 Å². The molecule has 1 aromatic heterocycles. The number of halogens is 2. The Labute approximate surface area is 123 Å². The minimum atomic E-state index is -0.300. The third-order valence-corrected chi connectivity index (χ3v) is 3.77. The highest BCUT2D eigenvalue weighted by atomic mass is 79.9. The Morgan fingerprint density at radius 2 is 2.32 bits per heavy atom. The molecule has 0 fully saturated rings. The number of anilines is 2. The molecule has 0 unspecified atom stereocenters. The molecule has 3 N–H and O–H groups in total. The average Bonchev–Trinajstić information content (AvgIpc) is 2.75. The fourth-order valence-corrected chi connectivity index (χ4v) is 2.15. The number of hydrogen-bond acceptors (Lipinski definition) is 3. The molecule has 0 aliphatic heterocycles. The van der Waals surface area contributed by atoms with E-state index in [2.05, 4.69) is 26.3 Å². The molecule has 0 aliphatic carbocycles. The van der Waals surface area contributed by atoms with Crippen LogP contribution in [0, 0.1) is 0 Å². The van der Waals surface area contributed by atoms with Gasteiger partial charge in [-0.25, -0.2) is 0 Å². The highest BCUT2D eigenvalue weighted by Crippen LogP contribution is 2.26. The molecule has 2 aromatic rings. The second-order valence-electron chi connectivity index (χ2n) is 3.85. The molecule has 7 heteroatoms. The number of hydrogen-bond donors (Lipinski definition) is 2. The minimum Gasteiger partial charge on any atom is -0.396 e. The molecule has 0 radical (unpaired) electrons. The van der Waals surface area contributed by atoms with Gasteiger partial charge in [-0.15, -0.1) is 0 Å². The number of nitrogens with zero attached hydrogens (tertiary/aromatic N) is 2. The van der Waals surface area contributed by atoms with E-state index in [1.54, 1.807) is 22.9 Å². The summed E-state index contributed by atoms with van der Waals surface area (Å²) in [5.41, 5.74) is 7.09. The van der Waals surface area contributed by atoms with Crippen molar-refractivity contribution in [2.75, 3.05) is 11.1 Å². The number of carbonyl (C=O) groups excluding carboxylic acids is 1. The van der Waals surface area contributed by atoms with Gasteiger partial charge >= 0.3 is 0 Å². The van der Waals surface area contributed by atoms with E-state index in [1.807, 2.05) is 6.92 Å². The number of aromatic nitrogens is 2. The van der Waals surface area contributed by atoms with Crippen LogP contribution in [0.1, 0.15) is 17.4 Å². The molecule has 5 nitrogen and oxygen atoms in total. The molecule has 0 saturated heterocycles. The Morgan fingerprint density at radius 3 is 2.95 bits per heavy atom. The lowest BCUT2D eigenvalue weighted by Gasteiger charge is -2.08. The van der Waals surface area contributed by atoms with Gasteiger partial charge in [0.2, 0.25) is 0 Å². The van der Waals surface area contributed by atoms with Crippen LogP contribution < -0.4 is 11.1 Å². The van der Waals surface area contributed by atoms with E-state index in [4.69, 9.17) is 17.3 Å². The van der Waals surface area contributed by atoms with E-state index >= 15 is 0 Å². The monoisotopic (exact) mass is 342 g/mol. The molecule has 1 aromatic carbocycles. The molecule has 1 heterocycles. The molecule has 2 rings (SSSR count).